The molecule has 4 rings (SSSR count). The number of aromatic amines is 1. The number of para-hydroxylation sites is 1. The third-order valence-corrected chi connectivity index (χ3v) is 4.68. The van der Waals surface area contributed by atoms with Gasteiger partial charge >= 0.3 is 0 Å². The number of benzene rings is 1. The molecule has 0 spiro atoms. The maximum atomic E-state index is 12.2. The summed E-state index contributed by atoms with van der Waals surface area (Å²) < 4.78 is 0. The molecule has 0 saturated heterocycles. The van der Waals surface area contributed by atoms with Gasteiger partial charge in [-0.25, -0.2) is 0 Å². The van der Waals surface area contributed by atoms with Crippen LogP contribution < -0.4 is 5.32 Å². The van der Waals surface area contributed by atoms with Crippen molar-refractivity contribution in [3.63, 3.8) is 0 Å². The quantitative estimate of drug-likeness (QED) is 0.571. The van der Waals surface area contributed by atoms with Gasteiger partial charge < -0.3 is 5.32 Å². The highest BCUT2D eigenvalue weighted by Gasteiger charge is 2.38. The Kier molecular flexibility index (Phi) is 2.98. The normalized spacial score (nSPS) is 16.2. The summed E-state index contributed by atoms with van der Waals surface area (Å²) in [7, 11) is 0. The number of amides is 1. The van der Waals surface area contributed by atoms with E-state index in [0.717, 1.165) is 10.6 Å². The van der Waals surface area contributed by atoms with Crippen LogP contribution in [0.15, 0.2) is 41.8 Å². The minimum atomic E-state index is -0.588. The van der Waals surface area contributed by atoms with E-state index in [1.165, 1.54) is 17.4 Å². The van der Waals surface area contributed by atoms with Crippen LogP contribution in [-0.2, 0) is 0 Å². The maximum Gasteiger partial charge on any atom is 0.275 e. The molecule has 0 saturated carbocycles. The van der Waals surface area contributed by atoms with E-state index in [1.54, 1.807) is 18.2 Å². The predicted molar refractivity (Wildman–Crippen MR) is 84.3 cm³/mol. The molecule has 1 atom stereocenters. The first kappa shape index (κ1) is 13.6. The summed E-state index contributed by atoms with van der Waals surface area (Å²) in [5.74, 6) is -0.331. The number of rotatable bonds is 3. The molecular weight excluding hydrogens is 316 g/mol. The van der Waals surface area contributed by atoms with Crippen molar-refractivity contribution in [1.82, 2.24) is 15.5 Å². The van der Waals surface area contributed by atoms with Crippen LogP contribution in [0.4, 0.5) is 5.69 Å². The van der Waals surface area contributed by atoms with Crippen molar-refractivity contribution in [2.24, 2.45) is 0 Å². The average Bonchev–Trinajstić information content (AvgIpc) is 3.25. The lowest BCUT2D eigenvalue weighted by molar-refractivity contribution is -0.385. The summed E-state index contributed by atoms with van der Waals surface area (Å²) in [6.07, 6.45) is 0. The van der Waals surface area contributed by atoms with Crippen molar-refractivity contribution in [1.29, 1.82) is 0 Å². The number of nitro groups is 1. The number of nitro benzene ring substituents is 1. The standard InChI is InChI=1S/C15H10N4O3S/c20-15-14-11(13(17-18-14)10-6-3-7-23-10)12(16-15)8-4-1-2-5-9(8)19(21)22/h1-7,12H,(H,16,20)(H,17,18)/t12-/m1/s1. The lowest BCUT2D eigenvalue weighted by Gasteiger charge is -2.13. The van der Waals surface area contributed by atoms with Gasteiger partial charge in [0.05, 0.1) is 27.1 Å². The highest BCUT2D eigenvalue weighted by Crippen LogP contribution is 2.40. The Labute approximate surface area is 134 Å². The number of fused-ring (bicyclic) bond motifs is 1. The summed E-state index contributed by atoms with van der Waals surface area (Å²) in [5.41, 5.74) is 2.09. The third kappa shape index (κ3) is 2.03. The fourth-order valence-corrected chi connectivity index (χ4v) is 3.55. The molecule has 2 N–H and O–H groups in total. The van der Waals surface area contributed by atoms with Crippen molar-refractivity contribution in [2.45, 2.75) is 6.04 Å². The second-order valence-corrected chi connectivity index (χ2v) is 6.01. The Bertz CT molecular complexity index is 917. The van der Waals surface area contributed by atoms with E-state index in [1.807, 2.05) is 17.5 Å². The van der Waals surface area contributed by atoms with Crippen LogP contribution in [0.5, 0.6) is 0 Å². The maximum absolute atomic E-state index is 12.2. The highest BCUT2D eigenvalue weighted by molar-refractivity contribution is 7.13. The number of carbonyl (C=O) groups is 1. The fraction of sp³-hybridized carbons (Fsp3) is 0.0667. The Balaban J connectivity index is 1.91. The van der Waals surface area contributed by atoms with Crippen LogP contribution >= 0.6 is 11.3 Å². The number of nitrogens with one attached hydrogen (secondary N) is 2. The zero-order valence-electron chi connectivity index (χ0n) is 11.6. The first-order chi connectivity index (χ1) is 11.2. The van der Waals surface area contributed by atoms with Crippen molar-refractivity contribution in [2.75, 3.05) is 0 Å². The largest absolute Gasteiger partial charge is 0.339 e. The predicted octanol–water partition coefficient (Wildman–Crippen LogP) is 2.88. The second-order valence-electron chi connectivity index (χ2n) is 5.06. The molecule has 0 unspecified atom stereocenters. The number of carbonyl (C=O) groups excluding carboxylic acids is 1. The lowest BCUT2D eigenvalue weighted by Crippen LogP contribution is -2.21. The van der Waals surface area contributed by atoms with Gasteiger partial charge in [0.2, 0.25) is 0 Å². The number of thiophene rings is 1. The number of aromatic nitrogens is 2. The van der Waals surface area contributed by atoms with Gasteiger partial charge in [-0.05, 0) is 17.5 Å². The SMILES string of the molecule is O=C1N[C@H](c2ccccc2[N+](=O)[O-])c2c1n[nH]c2-c1cccs1. The van der Waals surface area contributed by atoms with Gasteiger partial charge in [-0.15, -0.1) is 11.3 Å². The Hall–Kier alpha value is -3.00. The van der Waals surface area contributed by atoms with E-state index in [9.17, 15) is 14.9 Å². The summed E-state index contributed by atoms with van der Waals surface area (Å²) in [6.45, 7) is 0. The summed E-state index contributed by atoms with van der Waals surface area (Å²) in [5, 5.41) is 23.0. The molecule has 0 aliphatic carbocycles. The second kappa shape index (κ2) is 5.03. The molecule has 23 heavy (non-hydrogen) atoms. The van der Waals surface area contributed by atoms with Crippen molar-refractivity contribution >= 4 is 22.9 Å². The molecule has 1 amide bonds. The summed E-state index contributed by atoms with van der Waals surface area (Å²) in [4.78, 5) is 23.9. The number of hydrogen-bond acceptors (Lipinski definition) is 5. The van der Waals surface area contributed by atoms with Crippen LogP contribution in [0.3, 0.4) is 0 Å². The van der Waals surface area contributed by atoms with Crippen LogP contribution in [0.2, 0.25) is 0 Å². The van der Waals surface area contributed by atoms with Gasteiger partial charge in [-0.1, -0.05) is 18.2 Å². The van der Waals surface area contributed by atoms with E-state index < -0.39 is 11.0 Å². The molecule has 3 heterocycles. The first-order valence-electron chi connectivity index (χ1n) is 6.83. The van der Waals surface area contributed by atoms with Gasteiger partial charge in [0, 0.05) is 11.6 Å². The van der Waals surface area contributed by atoms with E-state index in [0.29, 0.717) is 11.1 Å². The van der Waals surface area contributed by atoms with Gasteiger partial charge in [0.1, 0.15) is 0 Å². The first-order valence-corrected chi connectivity index (χ1v) is 7.71. The van der Waals surface area contributed by atoms with E-state index >= 15 is 0 Å². The number of nitrogens with zero attached hydrogens (tertiary/aromatic N) is 2. The number of H-pyrrole nitrogens is 1. The molecule has 2 aromatic heterocycles. The minimum Gasteiger partial charge on any atom is -0.339 e. The molecule has 0 fully saturated rings. The van der Waals surface area contributed by atoms with Crippen LogP contribution in [0.1, 0.15) is 27.7 Å². The van der Waals surface area contributed by atoms with Gasteiger partial charge in [-0.3, -0.25) is 20.0 Å². The van der Waals surface area contributed by atoms with Crippen molar-refractivity contribution in [3.8, 4) is 10.6 Å². The highest BCUT2D eigenvalue weighted by atomic mass is 32.1. The molecule has 114 valence electrons. The van der Waals surface area contributed by atoms with Crippen LogP contribution in [0, 0.1) is 10.1 Å². The molecule has 3 aromatic rings. The molecule has 0 radical (unpaired) electrons. The summed E-state index contributed by atoms with van der Waals surface area (Å²) >= 11 is 1.51. The molecule has 1 aromatic carbocycles. The Morgan fingerprint density at radius 1 is 1.22 bits per heavy atom. The van der Waals surface area contributed by atoms with Crippen molar-refractivity contribution < 1.29 is 9.72 Å². The zero-order valence-corrected chi connectivity index (χ0v) is 12.5. The molecule has 8 heteroatoms. The Morgan fingerprint density at radius 2 is 2.04 bits per heavy atom. The molecular formula is C15H10N4O3S. The molecule has 1 aliphatic heterocycles. The van der Waals surface area contributed by atoms with E-state index in [4.69, 9.17) is 0 Å². The lowest BCUT2D eigenvalue weighted by atomic mass is 9.98. The van der Waals surface area contributed by atoms with Gasteiger partial charge in [-0.2, -0.15) is 5.10 Å². The third-order valence-electron chi connectivity index (χ3n) is 3.80. The fourth-order valence-electron chi connectivity index (χ4n) is 2.82. The molecule has 7 nitrogen and oxygen atoms in total. The summed E-state index contributed by atoms with van der Waals surface area (Å²) in [6, 6.07) is 9.64. The average molecular weight is 326 g/mol. The molecule has 1 aliphatic rings. The smallest absolute Gasteiger partial charge is 0.275 e. The zero-order chi connectivity index (χ0) is 16.0. The van der Waals surface area contributed by atoms with E-state index in [2.05, 4.69) is 15.5 Å². The van der Waals surface area contributed by atoms with Gasteiger partial charge in [0.25, 0.3) is 11.6 Å². The van der Waals surface area contributed by atoms with Crippen molar-refractivity contribution in [3.05, 3.63) is 68.7 Å². The molecule has 0 bridgehead atoms. The van der Waals surface area contributed by atoms with Crippen LogP contribution in [0.25, 0.3) is 10.6 Å². The Morgan fingerprint density at radius 3 is 2.78 bits per heavy atom. The topological polar surface area (TPSA) is 101 Å². The van der Waals surface area contributed by atoms with Gasteiger partial charge in [0.15, 0.2) is 5.69 Å². The number of hydrogen-bond donors (Lipinski definition) is 2. The van der Waals surface area contributed by atoms with Crippen LogP contribution in [-0.4, -0.2) is 21.0 Å². The monoisotopic (exact) mass is 326 g/mol. The minimum absolute atomic E-state index is 0.0241. The van der Waals surface area contributed by atoms with E-state index in [-0.39, 0.29) is 17.3 Å².